The lowest BCUT2D eigenvalue weighted by Gasteiger charge is -2.25. The van der Waals surface area contributed by atoms with Gasteiger partial charge in [-0.15, -0.1) is 0 Å². The van der Waals surface area contributed by atoms with Gasteiger partial charge < -0.3 is 9.84 Å². The lowest BCUT2D eigenvalue weighted by atomic mass is 9.87. The molecule has 0 unspecified atom stereocenters. The third-order valence-corrected chi connectivity index (χ3v) is 3.55. The first-order valence-electron chi connectivity index (χ1n) is 6.65. The number of carboxylic acid groups (broad SMARTS) is 1. The van der Waals surface area contributed by atoms with Gasteiger partial charge in [0, 0.05) is 13.7 Å². The summed E-state index contributed by atoms with van der Waals surface area (Å²) in [7, 11) is 1.65. The average molecular weight is 243 g/mol. The molecule has 0 heterocycles. The van der Waals surface area contributed by atoms with Gasteiger partial charge >= 0.3 is 5.97 Å². The molecule has 0 aromatic carbocycles. The molecule has 100 valence electrons. The molecule has 0 bridgehead atoms. The second kappa shape index (κ2) is 8.48. The number of aliphatic carboxylic acids is 1. The van der Waals surface area contributed by atoms with Gasteiger partial charge in [0.25, 0.3) is 0 Å². The topological polar surface area (TPSA) is 49.8 Å². The minimum Gasteiger partial charge on any atom is -0.480 e. The molecule has 0 atom stereocenters. The molecule has 1 rings (SSSR count). The number of hydrogen-bond acceptors (Lipinski definition) is 3. The van der Waals surface area contributed by atoms with E-state index in [1.165, 1.54) is 32.1 Å². The molecule has 0 spiro atoms. The second-order valence-corrected chi connectivity index (χ2v) is 4.96. The van der Waals surface area contributed by atoms with Crippen LogP contribution in [0.1, 0.15) is 38.5 Å². The molecule has 1 saturated carbocycles. The molecule has 0 aliphatic heterocycles. The van der Waals surface area contributed by atoms with Crippen LogP contribution < -0.4 is 0 Å². The summed E-state index contributed by atoms with van der Waals surface area (Å²) in [6, 6.07) is 0. The fraction of sp³-hybridized carbons (Fsp3) is 0.923. The van der Waals surface area contributed by atoms with Gasteiger partial charge in [-0.2, -0.15) is 0 Å². The Morgan fingerprint density at radius 1 is 1.29 bits per heavy atom. The molecule has 4 heteroatoms. The van der Waals surface area contributed by atoms with Crippen LogP contribution in [0.4, 0.5) is 0 Å². The Bertz CT molecular complexity index is 215. The minimum absolute atomic E-state index is 0.135. The molecule has 0 aromatic rings. The van der Waals surface area contributed by atoms with Crippen molar-refractivity contribution in [2.24, 2.45) is 5.92 Å². The highest BCUT2D eigenvalue weighted by Gasteiger charge is 2.16. The van der Waals surface area contributed by atoms with Gasteiger partial charge in [0.2, 0.25) is 0 Å². The van der Waals surface area contributed by atoms with E-state index in [0.717, 1.165) is 25.4 Å². The number of rotatable bonds is 8. The largest absolute Gasteiger partial charge is 0.480 e. The van der Waals surface area contributed by atoms with Crippen LogP contribution in [-0.4, -0.2) is 49.3 Å². The van der Waals surface area contributed by atoms with Crippen molar-refractivity contribution in [1.82, 2.24) is 4.90 Å². The predicted molar refractivity (Wildman–Crippen MR) is 67.1 cm³/mol. The number of carbonyl (C=O) groups is 1. The van der Waals surface area contributed by atoms with E-state index >= 15 is 0 Å². The van der Waals surface area contributed by atoms with Crippen LogP contribution in [0.2, 0.25) is 0 Å². The van der Waals surface area contributed by atoms with E-state index < -0.39 is 5.97 Å². The van der Waals surface area contributed by atoms with Gasteiger partial charge in [-0.05, 0) is 18.9 Å². The Balaban J connectivity index is 2.23. The summed E-state index contributed by atoms with van der Waals surface area (Å²) in [6.07, 6.45) is 7.86. The number of carboxylic acids is 1. The minimum atomic E-state index is -0.746. The smallest absolute Gasteiger partial charge is 0.317 e. The molecular weight excluding hydrogens is 218 g/mol. The molecule has 1 aliphatic rings. The Labute approximate surface area is 104 Å². The van der Waals surface area contributed by atoms with Crippen LogP contribution in [0.25, 0.3) is 0 Å². The van der Waals surface area contributed by atoms with Crippen molar-refractivity contribution in [2.75, 3.05) is 33.4 Å². The number of hydrogen-bond donors (Lipinski definition) is 1. The van der Waals surface area contributed by atoms with Crippen LogP contribution in [0.15, 0.2) is 0 Å². The van der Waals surface area contributed by atoms with Gasteiger partial charge in [-0.1, -0.05) is 32.1 Å². The van der Waals surface area contributed by atoms with Gasteiger partial charge in [-0.25, -0.2) is 0 Å². The van der Waals surface area contributed by atoms with Crippen LogP contribution >= 0.6 is 0 Å². The van der Waals surface area contributed by atoms with Crippen LogP contribution in [0, 0.1) is 5.92 Å². The highest BCUT2D eigenvalue weighted by molar-refractivity contribution is 5.69. The summed E-state index contributed by atoms with van der Waals surface area (Å²) in [5.41, 5.74) is 0. The average Bonchev–Trinajstić information content (AvgIpc) is 2.33. The van der Waals surface area contributed by atoms with Crippen LogP contribution in [0.3, 0.4) is 0 Å². The van der Waals surface area contributed by atoms with Crippen molar-refractivity contribution in [3.05, 3.63) is 0 Å². The SMILES string of the molecule is COCCN(CCC1CCCCC1)CC(=O)O. The highest BCUT2D eigenvalue weighted by Crippen LogP contribution is 2.26. The maximum absolute atomic E-state index is 10.7. The van der Waals surface area contributed by atoms with Gasteiger partial charge in [0.1, 0.15) is 0 Å². The Morgan fingerprint density at radius 3 is 2.59 bits per heavy atom. The molecule has 0 radical (unpaired) electrons. The zero-order valence-corrected chi connectivity index (χ0v) is 10.9. The third kappa shape index (κ3) is 6.64. The normalized spacial score (nSPS) is 17.5. The summed E-state index contributed by atoms with van der Waals surface area (Å²) in [5.74, 6) is 0.0623. The van der Waals surface area contributed by atoms with Gasteiger partial charge in [0.15, 0.2) is 0 Å². The molecule has 1 fully saturated rings. The van der Waals surface area contributed by atoms with E-state index in [4.69, 9.17) is 9.84 Å². The van der Waals surface area contributed by atoms with Gasteiger partial charge in [-0.3, -0.25) is 9.69 Å². The molecule has 1 aliphatic carbocycles. The monoisotopic (exact) mass is 243 g/mol. The molecule has 0 amide bonds. The number of methoxy groups -OCH3 is 1. The van der Waals surface area contributed by atoms with E-state index in [2.05, 4.69) is 0 Å². The van der Waals surface area contributed by atoms with Crippen molar-refractivity contribution in [2.45, 2.75) is 38.5 Å². The van der Waals surface area contributed by atoms with E-state index in [1.807, 2.05) is 4.90 Å². The van der Waals surface area contributed by atoms with Crippen molar-refractivity contribution < 1.29 is 14.6 Å². The lowest BCUT2D eigenvalue weighted by Crippen LogP contribution is -2.34. The summed E-state index contributed by atoms with van der Waals surface area (Å²) < 4.78 is 5.01. The van der Waals surface area contributed by atoms with Gasteiger partial charge in [0.05, 0.1) is 13.2 Å². The molecule has 0 aromatic heterocycles. The zero-order valence-electron chi connectivity index (χ0n) is 10.9. The lowest BCUT2D eigenvalue weighted by molar-refractivity contribution is -0.138. The van der Waals surface area contributed by atoms with Crippen LogP contribution in [-0.2, 0) is 9.53 Å². The van der Waals surface area contributed by atoms with Crippen molar-refractivity contribution in [3.8, 4) is 0 Å². The van der Waals surface area contributed by atoms with E-state index in [9.17, 15) is 4.79 Å². The first-order valence-corrected chi connectivity index (χ1v) is 6.65. The Morgan fingerprint density at radius 2 is 2.00 bits per heavy atom. The van der Waals surface area contributed by atoms with Crippen LogP contribution in [0.5, 0.6) is 0 Å². The predicted octanol–water partition coefficient (Wildman–Crippen LogP) is 1.99. The zero-order chi connectivity index (χ0) is 12.5. The third-order valence-electron chi connectivity index (χ3n) is 3.55. The summed E-state index contributed by atoms with van der Waals surface area (Å²) in [4.78, 5) is 12.7. The van der Waals surface area contributed by atoms with Crippen molar-refractivity contribution in [1.29, 1.82) is 0 Å². The number of ether oxygens (including phenoxy) is 1. The maximum atomic E-state index is 10.7. The Kier molecular flexibility index (Phi) is 7.21. The summed E-state index contributed by atoms with van der Waals surface area (Å²) in [5, 5.41) is 8.84. The summed E-state index contributed by atoms with van der Waals surface area (Å²) >= 11 is 0. The first-order chi connectivity index (χ1) is 8.22. The molecular formula is C13H25NO3. The molecule has 1 N–H and O–H groups in total. The fourth-order valence-corrected chi connectivity index (χ4v) is 2.52. The Hall–Kier alpha value is -0.610. The molecule has 0 saturated heterocycles. The fourth-order valence-electron chi connectivity index (χ4n) is 2.52. The van der Waals surface area contributed by atoms with Crippen molar-refractivity contribution in [3.63, 3.8) is 0 Å². The van der Waals surface area contributed by atoms with Crippen molar-refractivity contribution >= 4 is 5.97 Å². The standard InChI is InChI=1S/C13H25NO3/c1-17-10-9-14(11-13(15)16)8-7-12-5-3-2-4-6-12/h12H,2-11H2,1H3,(H,15,16). The highest BCUT2D eigenvalue weighted by atomic mass is 16.5. The quantitative estimate of drug-likeness (QED) is 0.708. The molecule has 17 heavy (non-hydrogen) atoms. The number of nitrogens with zero attached hydrogens (tertiary/aromatic N) is 1. The molecule has 4 nitrogen and oxygen atoms in total. The van der Waals surface area contributed by atoms with E-state index in [0.29, 0.717) is 6.61 Å². The second-order valence-electron chi connectivity index (χ2n) is 4.96. The van der Waals surface area contributed by atoms with E-state index in [-0.39, 0.29) is 6.54 Å². The summed E-state index contributed by atoms with van der Waals surface area (Å²) in [6.45, 7) is 2.35. The first kappa shape index (κ1) is 14.5. The maximum Gasteiger partial charge on any atom is 0.317 e. The van der Waals surface area contributed by atoms with E-state index in [1.54, 1.807) is 7.11 Å².